The number of ether oxygens (including phenoxy) is 2. The molecule has 162 valence electrons. The Labute approximate surface area is 184 Å². The molecule has 2 fully saturated rings. The van der Waals surface area contributed by atoms with Gasteiger partial charge in [0.1, 0.15) is 17.5 Å². The highest BCUT2D eigenvalue weighted by atomic mass is 16.5. The van der Waals surface area contributed by atoms with Crippen LogP contribution in [0.3, 0.4) is 0 Å². The number of hydrogen-bond acceptors (Lipinski definition) is 7. The molecule has 8 heteroatoms. The molecule has 0 aliphatic carbocycles. The Hall–Kier alpha value is -3.94. The summed E-state index contributed by atoms with van der Waals surface area (Å²) in [5.41, 5.74) is 0.806. The number of hydrogen-bond donors (Lipinski definition) is 0. The van der Waals surface area contributed by atoms with Gasteiger partial charge in [-0.3, -0.25) is 19.4 Å². The first-order chi connectivity index (χ1) is 15.6. The Bertz CT molecular complexity index is 1160. The SMILES string of the molecule is COc1ccc(N2C(=O)C3C(C2=O)C(C(=O)c2ccccc2)N2N=CC=CC32)c(OC)c1. The summed E-state index contributed by atoms with van der Waals surface area (Å²) in [5.74, 6) is -1.74. The van der Waals surface area contributed by atoms with Crippen LogP contribution in [0.5, 0.6) is 11.5 Å². The molecule has 3 aliphatic heterocycles. The third-order valence-electron chi connectivity index (χ3n) is 6.25. The quantitative estimate of drug-likeness (QED) is 0.533. The lowest BCUT2D eigenvalue weighted by Gasteiger charge is -2.30. The Morgan fingerprint density at radius 3 is 2.44 bits per heavy atom. The number of ketones is 1. The van der Waals surface area contributed by atoms with Crippen LogP contribution in [0.25, 0.3) is 0 Å². The zero-order valence-corrected chi connectivity index (χ0v) is 17.5. The number of fused-ring (bicyclic) bond motifs is 3. The van der Waals surface area contributed by atoms with Gasteiger partial charge in [-0.1, -0.05) is 36.4 Å². The molecule has 0 bridgehead atoms. The maximum absolute atomic E-state index is 13.7. The van der Waals surface area contributed by atoms with E-state index in [1.165, 1.54) is 14.2 Å². The average Bonchev–Trinajstić information content (AvgIpc) is 3.31. The third-order valence-corrected chi connectivity index (χ3v) is 6.25. The first kappa shape index (κ1) is 20.0. The summed E-state index contributed by atoms with van der Waals surface area (Å²) in [6, 6.07) is 12.3. The average molecular weight is 431 g/mol. The van der Waals surface area contributed by atoms with Gasteiger partial charge in [0.2, 0.25) is 11.8 Å². The molecular formula is C24H21N3O5. The number of hydrazone groups is 1. The van der Waals surface area contributed by atoms with E-state index in [9.17, 15) is 14.4 Å². The number of Topliss-reactive ketones (excluding diaryl/α,β-unsaturated/α-hetero) is 1. The smallest absolute Gasteiger partial charge is 0.240 e. The number of carbonyl (C=O) groups is 3. The van der Waals surface area contributed by atoms with E-state index < -0.39 is 29.8 Å². The van der Waals surface area contributed by atoms with Gasteiger partial charge in [-0.25, -0.2) is 4.90 Å². The van der Waals surface area contributed by atoms with Gasteiger partial charge in [0, 0.05) is 17.8 Å². The molecule has 2 saturated heterocycles. The molecule has 5 rings (SSSR count). The minimum absolute atomic E-state index is 0.236. The van der Waals surface area contributed by atoms with Crippen LogP contribution in [0.1, 0.15) is 10.4 Å². The van der Waals surface area contributed by atoms with E-state index in [0.29, 0.717) is 22.7 Å². The minimum atomic E-state index is -0.876. The number of rotatable bonds is 5. The molecule has 0 radical (unpaired) electrons. The van der Waals surface area contributed by atoms with E-state index in [2.05, 4.69) is 5.10 Å². The molecule has 0 N–H and O–H groups in total. The van der Waals surface area contributed by atoms with E-state index in [4.69, 9.17) is 9.47 Å². The zero-order valence-electron chi connectivity index (χ0n) is 17.5. The molecule has 8 nitrogen and oxygen atoms in total. The van der Waals surface area contributed by atoms with Crippen molar-refractivity contribution in [3.05, 3.63) is 66.2 Å². The van der Waals surface area contributed by atoms with Crippen molar-refractivity contribution in [1.29, 1.82) is 0 Å². The first-order valence-corrected chi connectivity index (χ1v) is 10.2. The summed E-state index contributed by atoms with van der Waals surface area (Å²) in [6.07, 6.45) is 5.13. The van der Waals surface area contributed by atoms with Crippen LogP contribution in [0.4, 0.5) is 5.69 Å². The van der Waals surface area contributed by atoms with Crippen LogP contribution in [0.15, 0.2) is 65.8 Å². The van der Waals surface area contributed by atoms with Crippen molar-refractivity contribution in [2.45, 2.75) is 12.1 Å². The van der Waals surface area contributed by atoms with Crippen LogP contribution in [0, 0.1) is 11.8 Å². The minimum Gasteiger partial charge on any atom is -0.497 e. The zero-order chi connectivity index (χ0) is 22.4. The fraction of sp³-hybridized carbons (Fsp3) is 0.250. The van der Waals surface area contributed by atoms with Crippen LogP contribution >= 0.6 is 0 Å². The molecule has 0 aromatic heterocycles. The number of allylic oxidation sites excluding steroid dienone is 1. The lowest BCUT2D eigenvalue weighted by Crippen LogP contribution is -2.46. The largest absolute Gasteiger partial charge is 0.497 e. The molecular weight excluding hydrogens is 410 g/mol. The number of nitrogens with zero attached hydrogens (tertiary/aromatic N) is 3. The highest BCUT2D eigenvalue weighted by Crippen LogP contribution is 2.48. The van der Waals surface area contributed by atoms with E-state index in [-0.39, 0.29) is 11.7 Å². The molecule has 32 heavy (non-hydrogen) atoms. The monoisotopic (exact) mass is 431 g/mol. The van der Waals surface area contributed by atoms with Gasteiger partial charge in [-0.05, 0) is 18.2 Å². The molecule has 0 spiro atoms. The van der Waals surface area contributed by atoms with E-state index >= 15 is 0 Å². The van der Waals surface area contributed by atoms with Gasteiger partial charge >= 0.3 is 0 Å². The summed E-state index contributed by atoms with van der Waals surface area (Å²) < 4.78 is 10.7. The van der Waals surface area contributed by atoms with Crippen molar-refractivity contribution in [2.24, 2.45) is 16.9 Å². The van der Waals surface area contributed by atoms with Gasteiger partial charge in [-0.2, -0.15) is 5.10 Å². The predicted molar refractivity (Wildman–Crippen MR) is 117 cm³/mol. The van der Waals surface area contributed by atoms with Gasteiger partial charge in [0.05, 0.1) is 37.8 Å². The normalized spacial score (nSPS) is 25.7. The number of amides is 2. The second-order valence-corrected chi connectivity index (χ2v) is 7.80. The maximum Gasteiger partial charge on any atom is 0.240 e. The summed E-state index contributed by atoms with van der Waals surface area (Å²) in [5, 5.41) is 5.96. The third kappa shape index (κ3) is 2.83. The van der Waals surface area contributed by atoms with Crippen LogP contribution in [0.2, 0.25) is 0 Å². The Morgan fingerprint density at radius 1 is 0.969 bits per heavy atom. The predicted octanol–water partition coefficient (Wildman–Crippen LogP) is 2.30. The van der Waals surface area contributed by atoms with E-state index in [0.717, 1.165) is 4.90 Å². The lowest BCUT2D eigenvalue weighted by atomic mass is 9.86. The Kier molecular flexibility index (Phi) is 4.77. The number of benzene rings is 2. The Morgan fingerprint density at radius 2 is 1.72 bits per heavy atom. The molecule has 3 aliphatic rings. The molecule has 2 aromatic carbocycles. The summed E-state index contributed by atoms with van der Waals surface area (Å²) in [4.78, 5) is 41.9. The fourth-order valence-electron chi connectivity index (χ4n) is 4.82. The number of anilines is 1. The maximum atomic E-state index is 13.7. The number of carbonyl (C=O) groups excluding carboxylic acids is 3. The fourth-order valence-corrected chi connectivity index (χ4v) is 4.82. The molecule has 4 unspecified atom stereocenters. The molecule has 3 heterocycles. The Balaban J connectivity index is 1.59. The number of imide groups is 1. The highest BCUT2D eigenvalue weighted by molar-refractivity contribution is 6.25. The van der Waals surface area contributed by atoms with Gasteiger partial charge in [0.25, 0.3) is 0 Å². The second-order valence-electron chi connectivity index (χ2n) is 7.80. The van der Waals surface area contributed by atoms with E-state index in [1.54, 1.807) is 59.8 Å². The summed E-state index contributed by atoms with van der Waals surface area (Å²) >= 11 is 0. The van der Waals surface area contributed by atoms with Gasteiger partial charge < -0.3 is 9.47 Å². The molecule has 4 atom stereocenters. The van der Waals surface area contributed by atoms with Crippen molar-refractivity contribution < 1.29 is 23.9 Å². The second kappa shape index (κ2) is 7.64. The molecule has 2 amide bonds. The van der Waals surface area contributed by atoms with Crippen molar-refractivity contribution in [2.75, 3.05) is 19.1 Å². The number of methoxy groups -OCH3 is 2. The van der Waals surface area contributed by atoms with Crippen LogP contribution in [-0.2, 0) is 9.59 Å². The lowest BCUT2D eigenvalue weighted by molar-refractivity contribution is -0.123. The molecule has 0 saturated carbocycles. The van der Waals surface area contributed by atoms with Gasteiger partial charge in [-0.15, -0.1) is 0 Å². The highest BCUT2D eigenvalue weighted by Gasteiger charge is 2.64. The molecule has 2 aromatic rings. The van der Waals surface area contributed by atoms with Crippen molar-refractivity contribution in [1.82, 2.24) is 5.01 Å². The summed E-state index contributed by atoms with van der Waals surface area (Å²) in [6.45, 7) is 0. The summed E-state index contributed by atoms with van der Waals surface area (Å²) in [7, 11) is 2.99. The van der Waals surface area contributed by atoms with Crippen molar-refractivity contribution >= 4 is 29.5 Å². The first-order valence-electron chi connectivity index (χ1n) is 10.2. The van der Waals surface area contributed by atoms with Crippen LogP contribution in [-0.4, -0.2) is 55.1 Å². The standard InChI is InChI=1S/C24H21N3O5/c1-31-15-10-11-16(18(13-15)32-2)26-23(29)19-17-9-6-12-25-27(17)21(20(19)24(26)30)22(28)14-7-4-3-5-8-14/h3-13,17,19-21H,1-2H3. The topological polar surface area (TPSA) is 88.5 Å². The van der Waals surface area contributed by atoms with E-state index in [1.807, 2.05) is 12.1 Å². The van der Waals surface area contributed by atoms with Crippen molar-refractivity contribution in [3.8, 4) is 11.5 Å². The van der Waals surface area contributed by atoms with Gasteiger partial charge in [0.15, 0.2) is 5.78 Å². The van der Waals surface area contributed by atoms with Crippen LogP contribution < -0.4 is 14.4 Å². The van der Waals surface area contributed by atoms with Crippen molar-refractivity contribution in [3.63, 3.8) is 0 Å².